The highest BCUT2D eigenvalue weighted by atomic mass is 16.5. The van der Waals surface area contributed by atoms with E-state index in [2.05, 4.69) is 41.5 Å². The predicted molar refractivity (Wildman–Crippen MR) is 144 cm³/mol. The molecular formula is C32H54O4. The van der Waals surface area contributed by atoms with Crippen LogP contribution in [0.5, 0.6) is 0 Å². The molecular weight excluding hydrogens is 448 g/mol. The highest BCUT2D eigenvalue weighted by Gasteiger charge is 2.64. The summed E-state index contributed by atoms with van der Waals surface area (Å²) in [6, 6.07) is 0. The molecule has 4 aliphatic rings. The Hall–Kier alpha value is -1.06. The number of carbonyl (C=O) groups excluding carboxylic acids is 2. The molecule has 4 nitrogen and oxygen atoms in total. The van der Waals surface area contributed by atoms with E-state index in [0.29, 0.717) is 17.8 Å². The van der Waals surface area contributed by atoms with Crippen molar-refractivity contribution in [2.75, 3.05) is 0 Å². The van der Waals surface area contributed by atoms with E-state index in [1.165, 1.54) is 45.4 Å². The molecule has 0 radical (unpaired) electrons. The molecule has 11 atom stereocenters. The van der Waals surface area contributed by atoms with Crippen molar-refractivity contribution >= 4 is 11.9 Å². The number of ether oxygens (including phenoxy) is 2. The molecule has 36 heavy (non-hydrogen) atoms. The fourth-order valence-electron chi connectivity index (χ4n) is 10.0. The van der Waals surface area contributed by atoms with Gasteiger partial charge in [-0.05, 0) is 104 Å². The number of hydrogen-bond donors (Lipinski definition) is 0. The number of esters is 2. The maximum atomic E-state index is 12.4. The zero-order valence-electron chi connectivity index (χ0n) is 24.5. The van der Waals surface area contributed by atoms with Crippen LogP contribution in [0.4, 0.5) is 0 Å². The summed E-state index contributed by atoms with van der Waals surface area (Å²) in [5, 5.41) is 0. The van der Waals surface area contributed by atoms with E-state index < -0.39 is 0 Å². The molecule has 0 aromatic heterocycles. The van der Waals surface area contributed by atoms with Gasteiger partial charge in [-0.25, -0.2) is 0 Å². The highest BCUT2D eigenvalue weighted by Crippen LogP contribution is 2.69. The molecule has 0 amide bonds. The van der Waals surface area contributed by atoms with Gasteiger partial charge in [0.1, 0.15) is 12.2 Å². The van der Waals surface area contributed by atoms with Crippen LogP contribution in [0.25, 0.3) is 0 Å². The number of carbonyl (C=O) groups is 2. The Bertz CT molecular complexity index is 806. The molecule has 0 spiro atoms. The number of fused-ring (bicyclic) bond motifs is 5. The number of rotatable bonds is 7. The summed E-state index contributed by atoms with van der Waals surface area (Å²) >= 11 is 0. The average Bonchev–Trinajstić information content (AvgIpc) is 3.13. The summed E-state index contributed by atoms with van der Waals surface area (Å²) in [6.45, 7) is 17.8. The molecule has 206 valence electrons. The summed E-state index contributed by atoms with van der Waals surface area (Å²) in [5.74, 6) is 5.08. The monoisotopic (exact) mass is 502 g/mol. The van der Waals surface area contributed by atoms with E-state index in [0.717, 1.165) is 55.3 Å². The molecule has 0 unspecified atom stereocenters. The van der Waals surface area contributed by atoms with Gasteiger partial charge >= 0.3 is 11.9 Å². The van der Waals surface area contributed by atoms with Crippen molar-refractivity contribution in [3.63, 3.8) is 0 Å². The molecule has 4 saturated carbocycles. The molecule has 4 aliphatic carbocycles. The third-order valence-electron chi connectivity index (χ3n) is 12.1. The van der Waals surface area contributed by atoms with Crippen molar-refractivity contribution in [1.29, 1.82) is 0 Å². The minimum atomic E-state index is -0.155. The van der Waals surface area contributed by atoms with E-state index in [1.54, 1.807) is 6.92 Å². The SMILES string of the molecule is CC(=O)O[C@@H]1CC[C@@]2(C)[C@@H](CC[C@H]3[C@@H]2[C@H](OC(C)=O)C[C@@]2(C)[C@@H]([C@H](C)CC[C@H](C)C(C)C)CC[C@@H]32)C1. The van der Waals surface area contributed by atoms with Crippen LogP contribution in [0.1, 0.15) is 120 Å². The molecule has 4 fully saturated rings. The van der Waals surface area contributed by atoms with Gasteiger partial charge in [0.2, 0.25) is 0 Å². The van der Waals surface area contributed by atoms with Gasteiger partial charge in [-0.3, -0.25) is 9.59 Å². The Morgan fingerprint density at radius 2 is 1.56 bits per heavy atom. The zero-order chi connectivity index (χ0) is 26.4. The van der Waals surface area contributed by atoms with E-state index in [9.17, 15) is 9.59 Å². The standard InChI is InChI=1S/C32H54O4/c1-19(2)20(3)9-10-21(4)27-13-14-28-26-12-11-24-17-25(35-22(5)33)15-16-31(24,7)30(26)29(36-23(6)34)18-32(27,28)8/h19-21,24-30H,9-18H2,1-8H3/t20-,21+,24-,25+,26+,27+,28-,29+,30+,31-,32-/m0/s1. The van der Waals surface area contributed by atoms with Gasteiger partial charge in [-0.1, -0.05) is 54.4 Å². The third kappa shape index (κ3) is 5.13. The lowest BCUT2D eigenvalue weighted by Crippen LogP contribution is -2.60. The van der Waals surface area contributed by atoms with Crippen LogP contribution < -0.4 is 0 Å². The van der Waals surface area contributed by atoms with Gasteiger partial charge in [0, 0.05) is 19.8 Å². The normalized spacial score (nSPS) is 43.6. The van der Waals surface area contributed by atoms with Crippen molar-refractivity contribution in [1.82, 2.24) is 0 Å². The fourth-order valence-corrected chi connectivity index (χ4v) is 10.0. The summed E-state index contributed by atoms with van der Waals surface area (Å²) < 4.78 is 11.9. The third-order valence-corrected chi connectivity index (χ3v) is 12.1. The van der Waals surface area contributed by atoms with Crippen molar-refractivity contribution in [3.05, 3.63) is 0 Å². The van der Waals surface area contributed by atoms with Crippen LogP contribution in [0.3, 0.4) is 0 Å². The van der Waals surface area contributed by atoms with Crippen LogP contribution >= 0.6 is 0 Å². The Balaban J connectivity index is 1.57. The maximum Gasteiger partial charge on any atom is 0.302 e. The topological polar surface area (TPSA) is 52.6 Å². The van der Waals surface area contributed by atoms with Crippen LogP contribution in [0, 0.1) is 58.2 Å². The minimum absolute atomic E-state index is 0.0224. The maximum absolute atomic E-state index is 12.4. The van der Waals surface area contributed by atoms with Gasteiger partial charge in [0.15, 0.2) is 0 Å². The summed E-state index contributed by atoms with van der Waals surface area (Å²) in [7, 11) is 0. The van der Waals surface area contributed by atoms with Crippen LogP contribution in [0.2, 0.25) is 0 Å². The smallest absolute Gasteiger partial charge is 0.302 e. The Kier molecular flexibility index (Phi) is 8.23. The summed E-state index contributed by atoms with van der Waals surface area (Å²) in [4.78, 5) is 24.0. The van der Waals surface area contributed by atoms with E-state index >= 15 is 0 Å². The second-order valence-corrected chi connectivity index (χ2v) is 14.4. The zero-order valence-corrected chi connectivity index (χ0v) is 24.5. The Labute approximate surface area is 221 Å². The van der Waals surface area contributed by atoms with E-state index in [1.807, 2.05) is 0 Å². The molecule has 0 bridgehead atoms. The summed E-state index contributed by atoms with van der Waals surface area (Å²) in [6.07, 6.45) is 11.9. The first-order chi connectivity index (χ1) is 16.9. The first kappa shape index (κ1) is 28.0. The van der Waals surface area contributed by atoms with Gasteiger partial charge in [-0.15, -0.1) is 0 Å². The molecule has 0 aromatic rings. The van der Waals surface area contributed by atoms with Crippen molar-refractivity contribution < 1.29 is 19.1 Å². The first-order valence-corrected chi connectivity index (χ1v) is 15.2. The van der Waals surface area contributed by atoms with Gasteiger partial charge < -0.3 is 9.47 Å². The molecule has 0 heterocycles. The van der Waals surface area contributed by atoms with Crippen molar-refractivity contribution in [3.8, 4) is 0 Å². The lowest BCUT2D eigenvalue weighted by molar-refractivity contribution is -0.201. The molecule has 0 saturated heterocycles. The van der Waals surface area contributed by atoms with E-state index in [4.69, 9.17) is 9.47 Å². The second kappa shape index (κ2) is 10.6. The molecule has 0 N–H and O–H groups in total. The van der Waals surface area contributed by atoms with Gasteiger partial charge in [0.25, 0.3) is 0 Å². The Morgan fingerprint density at radius 1 is 0.861 bits per heavy atom. The molecule has 0 aliphatic heterocycles. The van der Waals surface area contributed by atoms with Crippen LogP contribution in [0.15, 0.2) is 0 Å². The largest absolute Gasteiger partial charge is 0.463 e. The number of hydrogen-bond acceptors (Lipinski definition) is 4. The average molecular weight is 503 g/mol. The fraction of sp³-hybridized carbons (Fsp3) is 0.938. The van der Waals surface area contributed by atoms with Gasteiger partial charge in [0.05, 0.1) is 0 Å². The second-order valence-electron chi connectivity index (χ2n) is 14.4. The van der Waals surface area contributed by atoms with Crippen molar-refractivity contribution in [2.45, 2.75) is 132 Å². The first-order valence-electron chi connectivity index (χ1n) is 15.2. The van der Waals surface area contributed by atoms with E-state index in [-0.39, 0.29) is 35.0 Å². The quantitative estimate of drug-likeness (QED) is 0.333. The van der Waals surface area contributed by atoms with Crippen LogP contribution in [-0.2, 0) is 19.1 Å². The summed E-state index contributed by atoms with van der Waals surface area (Å²) in [5.41, 5.74) is 0.428. The Morgan fingerprint density at radius 3 is 2.19 bits per heavy atom. The lowest BCUT2D eigenvalue weighted by Gasteiger charge is -2.63. The minimum Gasteiger partial charge on any atom is -0.463 e. The molecule has 4 rings (SSSR count). The van der Waals surface area contributed by atoms with Gasteiger partial charge in [-0.2, -0.15) is 0 Å². The van der Waals surface area contributed by atoms with Crippen molar-refractivity contribution in [2.24, 2.45) is 58.2 Å². The molecule has 4 heteroatoms. The lowest BCUT2D eigenvalue weighted by atomic mass is 9.43. The van der Waals surface area contributed by atoms with Crippen LogP contribution in [-0.4, -0.2) is 24.1 Å². The predicted octanol–water partition coefficient (Wildman–Crippen LogP) is 7.83. The highest BCUT2D eigenvalue weighted by molar-refractivity contribution is 5.66. The molecule has 0 aromatic carbocycles.